The van der Waals surface area contributed by atoms with Crippen LogP contribution in [0.25, 0.3) is 0 Å². The highest BCUT2D eigenvalue weighted by Gasteiger charge is 2.35. The first-order valence-corrected chi connectivity index (χ1v) is 8.54. The van der Waals surface area contributed by atoms with Gasteiger partial charge in [0.1, 0.15) is 0 Å². The van der Waals surface area contributed by atoms with Gasteiger partial charge in [-0.15, -0.1) is 0 Å². The van der Waals surface area contributed by atoms with Gasteiger partial charge in [-0.1, -0.05) is 25.4 Å². The summed E-state index contributed by atoms with van der Waals surface area (Å²) < 4.78 is 10.7. The first-order valence-electron chi connectivity index (χ1n) is 8.16. The van der Waals surface area contributed by atoms with Crippen LogP contribution in [0.3, 0.4) is 0 Å². The van der Waals surface area contributed by atoms with E-state index < -0.39 is 0 Å². The van der Waals surface area contributed by atoms with E-state index in [9.17, 15) is 0 Å². The maximum absolute atomic E-state index is 6.44. The van der Waals surface area contributed by atoms with E-state index >= 15 is 0 Å². The maximum atomic E-state index is 6.44. The fourth-order valence-corrected chi connectivity index (χ4v) is 3.70. The summed E-state index contributed by atoms with van der Waals surface area (Å²) in [6, 6.07) is 4.43. The zero-order valence-electron chi connectivity index (χ0n) is 15.1. The molecule has 2 atom stereocenters. The zero-order chi connectivity index (χ0) is 17.1. The van der Waals surface area contributed by atoms with Crippen LogP contribution >= 0.6 is 11.6 Å². The summed E-state index contributed by atoms with van der Waals surface area (Å²) in [6.45, 7) is 7.64. The lowest BCUT2D eigenvalue weighted by atomic mass is 9.91. The molecule has 2 unspecified atom stereocenters. The molecule has 1 aromatic carbocycles. The van der Waals surface area contributed by atoms with Crippen molar-refractivity contribution >= 4 is 11.6 Å². The van der Waals surface area contributed by atoms with Crippen molar-refractivity contribution in [2.45, 2.75) is 26.4 Å². The highest BCUT2D eigenvalue weighted by molar-refractivity contribution is 6.31. The van der Waals surface area contributed by atoms with Crippen LogP contribution in [0.15, 0.2) is 12.1 Å². The molecule has 0 N–H and O–H groups in total. The van der Waals surface area contributed by atoms with Gasteiger partial charge in [0.05, 0.1) is 14.2 Å². The van der Waals surface area contributed by atoms with Gasteiger partial charge >= 0.3 is 0 Å². The van der Waals surface area contributed by atoms with Gasteiger partial charge in [-0.3, -0.25) is 4.90 Å². The molecule has 0 aromatic heterocycles. The molecule has 23 heavy (non-hydrogen) atoms. The Kier molecular flexibility index (Phi) is 6.18. The first-order chi connectivity index (χ1) is 10.9. The van der Waals surface area contributed by atoms with Crippen molar-refractivity contribution in [1.29, 1.82) is 0 Å². The molecule has 1 aliphatic heterocycles. The van der Waals surface area contributed by atoms with Crippen molar-refractivity contribution in [3.05, 3.63) is 22.7 Å². The number of hydrogen-bond donors (Lipinski definition) is 0. The standard InChI is InChI=1S/C18H29ClN2O2/c1-12(2)14-10-21(11-16(14)20(3)4)9-13-7-17(22-5)18(23-6)8-15(13)19/h7-8,12,14,16H,9-11H2,1-6H3. The minimum atomic E-state index is 0.592. The quantitative estimate of drug-likeness (QED) is 0.792. The predicted octanol–water partition coefficient (Wildman–Crippen LogP) is 3.38. The molecule has 5 heteroatoms. The fraction of sp³-hybridized carbons (Fsp3) is 0.667. The Balaban J connectivity index is 2.16. The molecule has 0 bridgehead atoms. The molecule has 0 radical (unpaired) electrons. The smallest absolute Gasteiger partial charge is 0.162 e. The Hall–Kier alpha value is -0.970. The predicted molar refractivity (Wildman–Crippen MR) is 95.6 cm³/mol. The molecule has 0 aliphatic carbocycles. The minimum Gasteiger partial charge on any atom is -0.493 e. The molecule has 1 aromatic rings. The van der Waals surface area contributed by atoms with Crippen LogP contribution in [0.4, 0.5) is 0 Å². The number of likely N-dealkylation sites (tertiary alicyclic amines) is 1. The Morgan fingerprint density at radius 1 is 1.17 bits per heavy atom. The molecule has 0 saturated carbocycles. The second kappa shape index (κ2) is 7.73. The van der Waals surface area contributed by atoms with E-state index in [-0.39, 0.29) is 0 Å². The Labute approximate surface area is 145 Å². The van der Waals surface area contributed by atoms with E-state index in [1.54, 1.807) is 14.2 Å². The molecule has 0 amide bonds. The summed E-state index contributed by atoms with van der Waals surface area (Å²) in [7, 11) is 7.63. The Morgan fingerprint density at radius 3 is 2.26 bits per heavy atom. The van der Waals surface area contributed by atoms with Gasteiger partial charge < -0.3 is 14.4 Å². The van der Waals surface area contributed by atoms with Crippen LogP contribution in [0, 0.1) is 11.8 Å². The second-order valence-electron chi connectivity index (χ2n) is 6.93. The number of halogens is 1. The number of ether oxygens (including phenoxy) is 2. The SMILES string of the molecule is COc1cc(Cl)c(CN2CC(C(C)C)C(N(C)C)C2)cc1OC. The van der Waals surface area contributed by atoms with Crippen molar-refractivity contribution < 1.29 is 9.47 Å². The van der Waals surface area contributed by atoms with Crippen molar-refractivity contribution in [3.8, 4) is 11.5 Å². The maximum Gasteiger partial charge on any atom is 0.162 e. The lowest BCUT2D eigenvalue weighted by Gasteiger charge is -2.27. The van der Waals surface area contributed by atoms with Crippen LogP contribution < -0.4 is 9.47 Å². The van der Waals surface area contributed by atoms with Gasteiger partial charge in [0, 0.05) is 36.8 Å². The number of hydrogen-bond acceptors (Lipinski definition) is 4. The molecule has 1 fully saturated rings. The molecule has 4 nitrogen and oxygen atoms in total. The molecule has 1 aliphatic rings. The normalized spacial score (nSPS) is 22.1. The van der Waals surface area contributed by atoms with Crippen molar-refractivity contribution in [3.63, 3.8) is 0 Å². The number of likely N-dealkylation sites (N-methyl/N-ethyl adjacent to an activating group) is 1. The topological polar surface area (TPSA) is 24.9 Å². The van der Waals surface area contributed by atoms with E-state index in [1.165, 1.54) is 0 Å². The first kappa shape index (κ1) is 18.4. The number of rotatable bonds is 6. The number of benzene rings is 1. The third-order valence-corrected chi connectivity index (χ3v) is 5.23. The van der Waals surface area contributed by atoms with Gasteiger partial charge in [-0.05, 0) is 37.6 Å². The molecule has 1 heterocycles. The van der Waals surface area contributed by atoms with E-state index in [4.69, 9.17) is 21.1 Å². The Bertz CT molecular complexity index is 518. The summed E-state index contributed by atoms with van der Waals surface area (Å²) in [4.78, 5) is 4.84. The molecule has 2 rings (SSSR count). The van der Waals surface area contributed by atoms with Crippen LogP contribution in [0.2, 0.25) is 5.02 Å². The van der Waals surface area contributed by atoms with Gasteiger partial charge in [-0.2, -0.15) is 0 Å². The van der Waals surface area contributed by atoms with Crippen LogP contribution in [-0.2, 0) is 6.54 Å². The van der Waals surface area contributed by atoms with Gasteiger partial charge in [0.25, 0.3) is 0 Å². The van der Waals surface area contributed by atoms with Gasteiger partial charge in [0.2, 0.25) is 0 Å². The zero-order valence-corrected chi connectivity index (χ0v) is 15.9. The fourth-order valence-electron chi connectivity index (χ4n) is 3.48. The number of methoxy groups -OCH3 is 2. The monoisotopic (exact) mass is 340 g/mol. The summed E-state index contributed by atoms with van der Waals surface area (Å²) in [5, 5.41) is 0.733. The molecule has 1 saturated heterocycles. The summed E-state index contributed by atoms with van der Waals surface area (Å²) >= 11 is 6.44. The van der Waals surface area contributed by atoms with E-state index in [1.807, 2.05) is 12.1 Å². The van der Waals surface area contributed by atoms with Crippen molar-refractivity contribution in [2.75, 3.05) is 41.4 Å². The lowest BCUT2D eigenvalue weighted by Crippen LogP contribution is -2.37. The summed E-state index contributed by atoms with van der Waals surface area (Å²) in [6.07, 6.45) is 0. The van der Waals surface area contributed by atoms with E-state index in [2.05, 4.69) is 37.7 Å². The second-order valence-corrected chi connectivity index (χ2v) is 7.34. The van der Waals surface area contributed by atoms with Crippen molar-refractivity contribution in [2.24, 2.45) is 11.8 Å². The van der Waals surface area contributed by atoms with E-state index in [0.29, 0.717) is 23.6 Å². The summed E-state index contributed by atoms with van der Waals surface area (Å²) in [5.41, 5.74) is 1.09. The van der Waals surface area contributed by atoms with Crippen molar-refractivity contribution in [1.82, 2.24) is 9.80 Å². The van der Waals surface area contributed by atoms with E-state index in [0.717, 1.165) is 36.0 Å². The summed E-state index contributed by atoms with van der Waals surface area (Å²) in [5.74, 6) is 2.77. The molecule has 130 valence electrons. The average Bonchev–Trinajstić information content (AvgIpc) is 2.93. The minimum absolute atomic E-state index is 0.592. The Morgan fingerprint density at radius 2 is 1.78 bits per heavy atom. The average molecular weight is 341 g/mol. The highest BCUT2D eigenvalue weighted by atomic mass is 35.5. The third-order valence-electron chi connectivity index (χ3n) is 4.87. The molecular weight excluding hydrogens is 312 g/mol. The lowest BCUT2D eigenvalue weighted by molar-refractivity contribution is 0.215. The molecule has 0 spiro atoms. The van der Waals surface area contributed by atoms with Gasteiger partial charge in [0.15, 0.2) is 11.5 Å². The van der Waals surface area contributed by atoms with Crippen LogP contribution in [0.5, 0.6) is 11.5 Å². The van der Waals surface area contributed by atoms with Crippen LogP contribution in [0.1, 0.15) is 19.4 Å². The highest BCUT2D eigenvalue weighted by Crippen LogP contribution is 2.35. The van der Waals surface area contributed by atoms with Gasteiger partial charge in [-0.25, -0.2) is 0 Å². The van der Waals surface area contributed by atoms with Crippen LogP contribution in [-0.4, -0.2) is 57.2 Å². The largest absolute Gasteiger partial charge is 0.493 e. The number of nitrogens with zero attached hydrogens (tertiary/aromatic N) is 2. The molecular formula is C18H29ClN2O2. The third kappa shape index (κ3) is 4.11.